The van der Waals surface area contributed by atoms with Crippen molar-refractivity contribution in [2.45, 2.75) is 6.54 Å². The van der Waals surface area contributed by atoms with E-state index in [0.29, 0.717) is 17.9 Å². The number of nitrogen functional groups attached to an aromatic ring is 1. The first-order chi connectivity index (χ1) is 7.74. The van der Waals surface area contributed by atoms with Gasteiger partial charge in [0.15, 0.2) is 6.20 Å². The van der Waals surface area contributed by atoms with Gasteiger partial charge in [-0.2, -0.15) is 4.73 Å². The minimum absolute atomic E-state index is 0.379. The highest BCUT2D eigenvalue weighted by atomic mass is 16.5. The maximum atomic E-state index is 11.7. The molecule has 1 heterocycles. The van der Waals surface area contributed by atoms with E-state index in [1.807, 2.05) is 24.3 Å². The van der Waals surface area contributed by atoms with Crippen LogP contribution in [0.2, 0.25) is 0 Å². The van der Waals surface area contributed by atoms with E-state index in [9.17, 15) is 5.21 Å². The molecule has 4 nitrogen and oxygen atoms in total. The molecule has 4 N–H and O–H groups in total. The van der Waals surface area contributed by atoms with Crippen molar-refractivity contribution in [3.8, 4) is 11.3 Å². The smallest absolute Gasteiger partial charge is 0.247 e. The Bertz CT molecular complexity index is 491. The van der Waals surface area contributed by atoms with Crippen molar-refractivity contribution < 1.29 is 4.73 Å². The van der Waals surface area contributed by atoms with Crippen LogP contribution < -0.4 is 16.2 Å². The molecule has 0 fully saturated rings. The number of pyridine rings is 1. The van der Waals surface area contributed by atoms with Crippen LogP contribution in [0.5, 0.6) is 0 Å². The summed E-state index contributed by atoms with van der Waals surface area (Å²) in [5.74, 6) is 0. The second kappa shape index (κ2) is 4.20. The number of rotatable bonds is 2. The molecule has 2 rings (SSSR count). The Labute approximate surface area is 93.7 Å². The Morgan fingerprint density at radius 3 is 2.56 bits per heavy atom. The van der Waals surface area contributed by atoms with Gasteiger partial charge >= 0.3 is 0 Å². The monoisotopic (exact) mass is 215 g/mol. The molecule has 0 aliphatic rings. The standard InChI is InChI=1S/C12H13N3O/c13-8-9-4-1-2-5-10(9)12-11(14)6-3-7-15(12)16/h1-7H,8,13-14H2. The normalized spacial score (nSPS) is 10.3. The molecule has 4 heteroatoms. The van der Waals surface area contributed by atoms with Crippen molar-refractivity contribution in [1.82, 2.24) is 0 Å². The number of anilines is 1. The molecule has 0 aliphatic carbocycles. The van der Waals surface area contributed by atoms with Gasteiger partial charge in [-0.25, -0.2) is 0 Å². The van der Waals surface area contributed by atoms with E-state index in [0.717, 1.165) is 15.9 Å². The van der Waals surface area contributed by atoms with Gasteiger partial charge in [-0.05, 0) is 17.7 Å². The Morgan fingerprint density at radius 1 is 1.12 bits per heavy atom. The first kappa shape index (κ1) is 10.4. The third-order valence-corrected chi connectivity index (χ3v) is 2.48. The molecule has 1 aromatic carbocycles. The van der Waals surface area contributed by atoms with Crippen LogP contribution >= 0.6 is 0 Å². The van der Waals surface area contributed by atoms with E-state index in [2.05, 4.69) is 0 Å². The van der Waals surface area contributed by atoms with Crippen LogP contribution in [0, 0.1) is 5.21 Å². The summed E-state index contributed by atoms with van der Waals surface area (Å²) in [5.41, 5.74) is 14.1. The highest BCUT2D eigenvalue weighted by Crippen LogP contribution is 2.24. The molecular formula is C12H13N3O. The van der Waals surface area contributed by atoms with Gasteiger partial charge in [0.05, 0.1) is 5.56 Å². The van der Waals surface area contributed by atoms with Gasteiger partial charge in [0.1, 0.15) is 5.69 Å². The average Bonchev–Trinajstić information content (AvgIpc) is 2.29. The van der Waals surface area contributed by atoms with Crippen LogP contribution in [0.4, 0.5) is 5.69 Å². The largest absolute Gasteiger partial charge is 0.618 e. The number of aromatic nitrogens is 1. The van der Waals surface area contributed by atoms with Crippen molar-refractivity contribution >= 4 is 5.69 Å². The summed E-state index contributed by atoms with van der Waals surface area (Å²) in [4.78, 5) is 0. The van der Waals surface area contributed by atoms with Crippen molar-refractivity contribution in [1.29, 1.82) is 0 Å². The molecule has 82 valence electrons. The zero-order chi connectivity index (χ0) is 11.5. The molecule has 0 radical (unpaired) electrons. The minimum Gasteiger partial charge on any atom is -0.618 e. The highest BCUT2D eigenvalue weighted by Gasteiger charge is 2.15. The molecule has 0 aliphatic heterocycles. The Morgan fingerprint density at radius 2 is 1.88 bits per heavy atom. The van der Waals surface area contributed by atoms with Gasteiger partial charge in [-0.3, -0.25) is 0 Å². The van der Waals surface area contributed by atoms with Crippen LogP contribution in [-0.4, -0.2) is 0 Å². The number of hydrogen-bond acceptors (Lipinski definition) is 3. The molecule has 0 amide bonds. The third-order valence-electron chi connectivity index (χ3n) is 2.48. The Kier molecular flexibility index (Phi) is 2.74. The van der Waals surface area contributed by atoms with E-state index in [1.54, 1.807) is 12.1 Å². The van der Waals surface area contributed by atoms with Crippen LogP contribution in [0.3, 0.4) is 0 Å². The van der Waals surface area contributed by atoms with E-state index in [-0.39, 0.29) is 0 Å². The SMILES string of the molecule is NCc1ccccc1-c1c(N)ccc[n+]1[O-]. The van der Waals surface area contributed by atoms with E-state index in [4.69, 9.17) is 11.5 Å². The predicted molar refractivity (Wildman–Crippen MR) is 63.1 cm³/mol. The van der Waals surface area contributed by atoms with Gasteiger partial charge in [0.2, 0.25) is 5.69 Å². The van der Waals surface area contributed by atoms with Crippen molar-refractivity contribution in [2.24, 2.45) is 5.73 Å². The topological polar surface area (TPSA) is 79.0 Å². The number of nitrogens with zero attached hydrogens (tertiary/aromatic N) is 1. The summed E-state index contributed by atoms with van der Waals surface area (Å²) in [7, 11) is 0. The van der Waals surface area contributed by atoms with Crippen LogP contribution in [0.25, 0.3) is 11.3 Å². The summed E-state index contributed by atoms with van der Waals surface area (Å²) in [6, 6.07) is 10.8. The molecule has 0 atom stereocenters. The lowest BCUT2D eigenvalue weighted by Crippen LogP contribution is -2.29. The molecule has 0 spiro atoms. The van der Waals surface area contributed by atoms with Crippen molar-refractivity contribution in [3.63, 3.8) is 0 Å². The molecular weight excluding hydrogens is 202 g/mol. The van der Waals surface area contributed by atoms with Crippen molar-refractivity contribution in [2.75, 3.05) is 5.73 Å². The van der Waals surface area contributed by atoms with Gasteiger partial charge in [-0.15, -0.1) is 0 Å². The Balaban J connectivity index is 2.67. The summed E-state index contributed by atoms with van der Waals surface area (Å²) in [5, 5.41) is 11.7. The summed E-state index contributed by atoms with van der Waals surface area (Å²) in [6.45, 7) is 0.379. The van der Waals surface area contributed by atoms with Gasteiger partial charge in [0, 0.05) is 12.6 Å². The van der Waals surface area contributed by atoms with E-state index < -0.39 is 0 Å². The zero-order valence-electron chi connectivity index (χ0n) is 8.76. The van der Waals surface area contributed by atoms with Crippen LogP contribution in [-0.2, 0) is 6.54 Å². The summed E-state index contributed by atoms with van der Waals surface area (Å²) < 4.78 is 0.768. The molecule has 0 saturated heterocycles. The second-order valence-corrected chi connectivity index (χ2v) is 3.50. The van der Waals surface area contributed by atoms with Crippen molar-refractivity contribution in [3.05, 3.63) is 53.4 Å². The molecule has 2 aromatic rings. The lowest BCUT2D eigenvalue weighted by molar-refractivity contribution is -0.593. The number of nitrogens with two attached hydrogens (primary N) is 2. The van der Waals surface area contributed by atoms with Gasteiger partial charge in [-0.1, -0.05) is 18.2 Å². The first-order valence-electron chi connectivity index (χ1n) is 5.00. The number of hydrogen-bond donors (Lipinski definition) is 2. The lowest BCUT2D eigenvalue weighted by Gasteiger charge is -2.09. The minimum atomic E-state index is 0.379. The fourth-order valence-electron chi connectivity index (χ4n) is 1.71. The summed E-state index contributed by atoms with van der Waals surface area (Å²) >= 11 is 0. The van der Waals surface area contributed by atoms with Gasteiger partial charge in [0.25, 0.3) is 0 Å². The van der Waals surface area contributed by atoms with Gasteiger partial charge < -0.3 is 16.7 Å². The third kappa shape index (κ3) is 1.70. The maximum Gasteiger partial charge on any atom is 0.247 e. The number of benzene rings is 1. The predicted octanol–water partition coefficient (Wildman–Crippen LogP) is 1.03. The fraction of sp³-hybridized carbons (Fsp3) is 0.0833. The molecule has 0 unspecified atom stereocenters. The van der Waals surface area contributed by atoms with Crippen LogP contribution in [0.1, 0.15) is 5.56 Å². The molecule has 0 saturated carbocycles. The maximum absolute atomic E-state index is 11.7. The second-order valence-electron chi connectivity index (χ2n) is 3.50. The lowest BCUT2D eigenvalue weighted by atomic mass is 10.0. The highest BCUT2D eigenvalue weighted by molar-refractivity contribution is 5.72. The zero-order valence-corrected chi connectivity index (χ0v) is 8.76. The fourth-order valence-corrected chi connectivity index (χ4v) is 1.71. The molecule has 0 bridgehead atoms. The van der Waals surface area contributed by atoms with E-state index in [1.165, 1.54) is 6.20 Å². The Hall–Kier alpha value is -2.07. The first-order valence-corrected chi connectivity index (χ1v) is 5.00. The van der Waals surface area contributed by atoms with E-state index >= 15 is 0 Å². The van der Waals surface area contributed by atoms with Crippen LogP contribution in [0.15, 0.2) is 42.6 Å². The molecule has 16 heavy (non-hydrogen) atoms. The molecule has 1 aromatic heterocycles. The average molecular weight is 215 g/mol. The quantitative estimate of drug-likeness (QED) is 0.580. The summed E-state index contributed by atoms with van der Waals surface area (Å²) in [6.07, 6.45) is 1.43.